The van der Waals surface area contributed by atoms with Crippen molar-refractivity contribution in [3.05, 3.63) is 6.07 Å². The van der Waals surface area contributed by atoms with Crippen LogP contribution in [-0.4, -0.2) is 47.1 Å². The van der Waals surface area contributed by atoms with Crippen molar-refractivity contribution in [2.75, 3.05) is 30.9 Å². The number of anilines is 1. The van der Waals surface area contributed by atoms with Crippen molar-refractivity contribution >= 4 is 17.6 Å². The van der Waals surface area contributed by atoms with Gasteiger partial charge in [0, 0.05) is 12.6 Å². The van der Waals surface area contributed by atoms with E-state index >= 15 is 0 Å². The number of rotatable bonds is 5. The third-order valence-electron chi connectivity index (χ3n) is 3.28. The van der Waals surface area contributed by atoms with E-state index in [0.29, 0.717) is 17.6 Å². The topological polar surface area (TPSA) is 58.5 Å². The first-order chi connectivity index (χ1) is 9.28. The van der Waals surface area contributed by atoms with E-state index < -0.39 is 0 Å². The molecule has 1 N–H and O–H groups in total. The molecule has 2 heterocycles. The zero-order chi connectivity index (χ0) is 13.7. The Hall–Kier alpha value is -1.01. The fraction of sp³-hybridized carbons (Fsp3) is 0.692. The Morgan fingerprint density at radius 3 is 3.00 bits per heavy atom. The number of ether oxygens (including phenoxy) is 1. The van der Waals surface area contributed by atoms with Crippen LogP contribution in [0.2, 0.25) is 0 Å². The van der Waals surface area contributed by atoms with Crippen LogP contribution in [0.1, 0.15) is 26.2 Å². The highest BCUT2D eigenvalue weighted by atomic mass is 32.2. The van der Waals surface area contributed by atoms with Gasteiger partial charge in [-0.25, -0.2) is 4.98 Å². The number of piperidine rings is 1. The van der Waals surface area contributed by atoms with Crippen molar-refractivity contribution < 1.29 is 9.84 Å². The normalized spacial score (nSPS) is 19.5. The highest BCUT2D eigenvalue weighted by Crippen LogP contribution is 2.27. The first-order valence-electron chi connectivity index (χ1n) is 6.71. The van der Waals surface area contributed by atoms with Gasteiger partial charge in [-0.15, -0.1) is 0 Å². The lowest BCUT2D eigenvalue weighted by molar-refractivity contribution is 0.239. The molecule has 0 radical (unpaired) electrons. The van der Waals surface area contributed by atoms with Gasteiger partial charge in [-0.1, -0.05) is 11.8 Å². The van der Waals surface area contributed by atoms with E-state index in [2.05, 4.69) is 14.9 Å². The number of aromatic nitrogens is 2. The molecule has 19 heavy (non-hydrogen) atoms. The fourth-order valence-corrected chi connectivity index (χ4v) is 2.71. The van der Waals surface area contributed by atoms with E-state index in [1.807, 2.05) is 19.2 Å². The second-order valence-corrected chi connectivity index (χ2v) is 5.28. The standard InChI is InChI=1S/C13H21N3O2S/c1-3-18-12-8-11(14-13(15-12)19-2)16-7-5-4-6-10(16)9-17/h8,10,17H,3-7,9H2,1-2H3. The Balaban J connectivity index is 2.28. The number of hydrogen-bond acceptors (Lipinski definition) is 6. The molecule has 0 amide bonds. The summed E-state index contributed by atoms with van der Waals surface area (Å²) in [7, 11) is 0. The van der Waals surface area contributed by atoms with Crippen molar-refractivity contribution in [2.45, 2.75) is 37.4 Å². The van der Waals surface area contributed by atoms with Gasteiger partial charge in [-0.05, 0) is 32.4 Å². The minimum Gasteiger partial charge on any atom is -0.478 e. The summed E-state index contributed by atoms with van der Waals surface area (Å²) in [6.45, 7) is 3.63. The van der Waals surface area contributed by atoms with Crippen molar-refractivity contribution in [3.8, 4) is 5.88 Å². The van der Waals surface area contributed by atoms with E-state index in [0.717, 1.165) is 25.2 Å². The molecule has 1 aromatic rings. The van der Waals surface area contributed by atoms with E-state index in [9.17, 15) is 5.11 Å². The van der Waals surface area contributed by atoms with Gasteiger partial charge in [0.1, 0.15) is 5.82 Å². The highest BCUT2D eigenvalue weighted by Gasteiger charge is 2.24. The van der Waals surface area contributed by atoms with Crippen LogP contribution in [0.25, 0.3) is 0 Å². The molecule has 1 saturated heterocycles. The molecule has 1 atom stereocenters. The van der Waals surface area contributed by atoms with Gasteiger partial charge in [0.05, 0.1) is 19.3 Å². The Bertz CT molecular complexity index is 417. The summed E-state index contributed by atoms with van der Waals surface area (Å²) in [5.41, 5.74) is 0. The average Bonchev–Trinajstić information content (AvgIpc) is 2.47. The summed E-state index contributed by atoms with van der Waals surface area (Å²) in [4.78, 5) is 11.0. The van der Waals surface area contributed by atoms with Crippen LogP contribution >= 0.6 is 11.8 Å². The Morgan fingerprint density at radius 1 is 1.47 bits per heavy atom. The minimum atomic E-state index is 0.160. The van der Waals surface area contributed by atoms with Crippen LogP contribution in [0, 0.1) is 0 Å². The minimum absolute atomic E-state index is 0.160. The fourth-order valence-electron chi connectivity index (χ4n) is 2.34. The zero-order valence-electron chi connectivity index (χ0n) is 11.5. The van der Waals surface area contributed by atoms with Crippen molar-refractivity contribution in [1.82, 2.24) is 9.97 Å². The molecule has 0 aromatic carbocycles. The van der Waals surface area contributed by atoms with Gasteiger partial charge in [-0.3, -0.25) is 0 Å². The molecule has 0 bridgehead atoms. The molecule has 0 spiro atoms. The Morgan fingerprint density at radius 2 is 2.32 bits per heavy atom. The van der Waals surface area contributed by atoms with Crippen LogP contribution in [-0.2, 0) is 0 Å². The summed E-state index contributed by atoms with van der Waals surface area (Å²) in [6.07, 6.45) is 5.27. The van der Waals surface area contributed by atoms with Crippen LogP contribution in [0.4, 0.5) is 5.82 Å². The lowest BCUT2D eigenvalue weighted by atomic mass is 10.0. The second-order valence-electron chi connectivity index (χ2n) is 4.51. The largest absolute Gasteiger partial charge is 0.478 e. The first kappa shape index (κ1) is 14.4. The van der Waals surface area contributed by atoms with E-state index in [-0.39, 0.29) is 12.6 Å². The molecule has 1 fully saturated rings. The summed E-state index contributed by atoms with van der Waals surface area (Å²) >= 11 is 1.50. The molecule has 6 heteroatoms. The van der Waals surface area contributed by atoms with Crippen LogP contribution in [0.3, 0.4) is 0 Å². The molecule has 1 aliphatic heterocycles. The molecule has 1 aromatic heterocycles. The molecule has 0 saturated carbocycles. The van der Waals surface area contributed by atoms with Gasteiger partial charge >= 0.3 is 0 Å². The number of thioether (sulfide) groups is 1. The van der Waals surface area contributed by atoms with Gasteiger partial charge in [0.2, 0.25) is 5.88 Å². The van der Waals surface area contributed by atoms with Gasteiger partial charge in [0.15, 0.2) is 5.16 Å². The average molecular weight is 283 g/mol. The molecular weight excluding hydrogens is 262 g/mol. The molecule has 5 nitrogen and oxygen atoms in total. The predicted octanol–water partition coefficient (Wildman–Crippen LogP) is 1.95. The number of hydrogen-bond donors (Lipinski definition) is 1. The summed E-state index contributed by atoms with van der Waals surface area (Å²) in [5.74, 6) is 1.47. The van der Waals surface area contributed by atoms with E-state index in [4.69, 9.17) is 4.74 Å². The van der Waals surface area contributed by atoms with Gasteiger partial charge < -0.3 is 14.7 Å². The number of aliphatic hydroxyl groups excluding tert-OH is 1. The SMILES string of the molecule is CCOc1cc(N2CCCCC2CO)nc(SC)n1. The van der Waals surface area contributed by atoms with Gasteiger partial charge in [0.25, 0.3) is 0 Å². The number of nitrogens with zero attached hydrogens (tertiary/aromatic N) is 3. The lowest BCUT2D eigenvalue weighted by Gasteiger charge is -2.35. The van der Waals surface area contributed by atoms with Crippen molar-refractivity contribution in [2.24, 2.45) is 0 Å². The lowest BCUT2D eigenvalue weighted by Crippen LogP contribution is -2.42. The van der Waals surface area contributed by atoms with Crippen molar-refractivity contribution in [3.63, 3.8) is 0 Å². The molecule has 0 aliphatic carbocycles. The maximum Gasteiger partial charge on any atom is 0.219 e. The molecule has 106 valence electrons. The molecule has 1 aliphatic rings. The van der Waals surface area contributed by atoms with Crippen LogP contribution in [0.15, 0.2) is 11.2 Å². The quantitative estimate of drug-likeness (QED) is 0.658. The summed E-state index contributed by atoms with van der Waals surface area (Å²) in [6, 6.07) is 2.03. The monoisotopic (exact) mass is 283 g/mol. The zero-order valence-corrected chi connectivity index (χ0v) is 12.3. The number of aliphatic hydroxyl groups is 1. The third-order valence-corrected chi connectivity index (χ3v) is 3.82. The Kier molecular flexibility index (Phi) is 5.27. The predicted molar refractivity (Wildman–Crippen MR) is 77.1 cm³/mol. The van der Waals surface area contributed by atoms with Crippen LogP contribution < -0.4 is 9.64 Å². The smallest absolute Gasteiger partial charge is 0.219 e. The van der Waals surface area contributed by atoms with Crippen molar-refractivity contribution in [1.29, 1.82) is 0 Å². The molecular formula is C13H21N3O2S. The van der Waals surface area contributed by atoms with E-state index in [1.54, 1.807) is 0 Å². The first-order valence-corrected chi connectivity index (χ1v) is 7.94. The summed E-state index contributed by atoms with van der Waals surface area (Å²) in [5, 5.41) is 10.2. The molecule has 1 unspecified atom stereocenters. The van der Waals surface area contributed by atoms with E-state index in [1.165, 1.54) is 18.2 Å². The Labute approximate surface area is 118 Å². The van der Waals surface area contributed by atoms with Crippen LogP contribution in [0.5, 0.6) is 5.88 Å². The third kappa shape index (κ3) is 3.51. The van der Waals surface area contributed by atoms with Gasteiger partial charge in [-0.2, -0.15) is 4.98 Å². The summed E-state index contributed by atoms with van der Waals surface area (Å²) < 4.78 is 5.50. The highest BCUT2D eigenvalue weighted by molar-refractivity contribution is 7.98. The second kappa shape index (κ2) is 6.96. The maximum absolute atomic E-state index is 9.50. The maximum atomic E-state index is 9.50. The molecule has 2 rings (SSSR count).